The first kappa shape index (κ1) is 18.9. The summed E-state index contributed by atoms with van der Waals surface area (Å²) in [6, 6.07) is 11.0. The molecule has 0 saturated heterocycles. The second kappa shape index (κ2) is 9.15. The van der Waals surface area contributed by atoms with E-state index < -0.39 is 6.10 Å². The molecule has 1 atom stereocenters. The molecule has 25 heavy (non-hydrogen) atoms. The summed E-state index contributed by atoms with van der Waals surface area (Å²) in [5.74, 6) is 2.81. The zero-order valence-electron chi connectivity index (χ0n) is 15.0. The van der Waals surface area contributed by atoms with Crippen molar-refractivity contribution in [2.45, 2.75) is 12.6 Å². The number of rotatable bonds is 9. The number of ether oxygens (including phenoxy) is 4. The number of hydrogen-bond donors (Lipinski definition) is 2. The Morgan fingerprint density at radius 3 is 2.04 bits per heavy atom. The minimum Gasteiger partial charge on any atom is -0.497 e. The van der Waals surface area contributed by atoms with Crippen LogP contribution in [0.1, 0.15) is 17.2 Å². The average molecular weight is 347 g/mol. The monoisotopic (exact) mass is 347 g/mol. The van der Waals surface area contributed by atoms with Gasteiger partial charge >= 0.3 is 0 Å². The van der Waals surface area contributed by atoms with Gasteiger partial charge in [-0.3, -0.25) is 0 Å². The normalized spacial score (nSPS) is 11.7. The summed E-state index contributed by atoms with van der Waals surface area (Å²) in [4.78, 5) is 0. The molecule has 0 radical (unpaired) electrons. The van der Waals surface area contributed by atoms with Gasteiger partial charge in [0.1, 0.15) is 23.0 Å². The van der Waals surface area contributed by atoms with Gasteiger partial charge in [-0.1, -0.05) is 0 Å². The van der Waals surface area contributed by atoms with Crippen LogP contribution in [0.5, 0.6) is 23.0 Å². The van der Waals surface area contributed by atoms with Crippen LogP contribution in [0.4, 0.5) is 0 Å². The maximum absolute atomic E-state index is 10.5. The molecule has 0 aliphatic rings. The van der Waals surface area contributed by atoms with Crippen molar-refractivity contribution >= 4 is 0 Å². The summed E-state index contributed by atoms with van der Waals surface area (Å²) in [6.07, 6.45) is -0.735. The molecule has 0 bridgehead atoms. The van der Waals surface area contributed by atoms with E-state index >= 15 is 0 Å². The van der Waals surface area contributed by atoms with Gasteiger partial charge in [0.2, 0.25) is 0 Å². The number of aliphatic hydroxyl groups is 1. The lowest BCUT2D eigenvalue weighted by molar-refractivity contribution is 0.169. The number of benzene rings is 2. The topological polar surface area (TPSA) is 69.2 Å². The molecule has 0 fully saturated rings. The van der Waals surface area contributed by atoms with Gasteiger partial charge in [0.25, 0.3) is 0 Å². The summed E-state index contributed by atoms with van der Waals surface area (Å²) in [6.45, 7) is 0.883. The van der Waals surface area contributed by atoms with Gasteiger partial charge in [-0.05, 0) is 36.4 Å². The van der Waals surface area contributed by atoms with E-state index in [0.717, 1.165) is 17.1 Å². The highest BCUT2D eigenvalue weighted by molar-refractivity contribution is 5.42. The first-order valence-electron chi connectivity index (χ1n) is 7.94. The van der Waals surface area contributed by atoms with Crippen LogP contribution in [0.2, 0.25) is 0 Å². The predicted molar refractivity (Wildman–Crippen MR) is 95.8 cm³/mol. The second-order valence-corrected chi connectivity index (χ2v) is 5.43. The zero-order valence-corrected chi connectivity index (χ0v) is 15.0. The Morgan fingerprint density at radius 2 is 1.44 bits per heavy atom. The van der Waals surface area contributed by atoms with Crippen LogP contribution in [-0.2, 0) is 6.54 Å². The fourth-order valence-electron chi connectivity index (χ4n) is 2.57. The molecule has 1 unspecified atom stereocenters. The Hall–Kier alpha value is -2.44. The lowest BCUT2D eigenvalue weighted by atomic mass is 10.1. The smallest absolute Gasteiger partial charge is 0.124 e. The van der Waals surface area contributed by atoms with Crippen molar-refractivity contribution < 1.29 is 24.1 Å². The molecular weight excluding hydrogens is 322 g/mol. The van der Waals surface area contributed by atoms with E-state index in [4.69, 9.17) is 18.9 Å². The van der Waals surface area contributed by atoms with Crippen LogP contribution in [0.25, 0.3) is 0 Å². The number of nitrogens with one attached hydrogen (secondary N) is 1. The Labute approximate surface area is 148 Å². The minimum absolute atomic E-state index is 0.351. The molecule has 0 saturated carbocycles. The largest absolute Gasteiger partial charge is 0.497 e. The molecule has 0 aliphatic carbocycles. The van der Waals surface area contributed by atoms with Crippen LogP contribution in [0, 0.1) is 0 Å². The first-order chi connectivity index (χ1) is 12.1. The third-order valence-electron chi connectivity index (χ3n) is 3.94. The van der Waals surface area contributed by atoms with E-state index in [-0.39, 0.29) is 0 Å². The van der Waals surface area contributed by atoms with Crippen molar-refractivity contribution in [2.75, 3.05) is 35.0 Å². The van der Waals surface area contributed by atoms with Crippen LogP contribution in [-0.4, -0.2) is 40.1 Å². The standard InChI is InChI=1S/C19H25NO5/c1-22-14-5-7-18(24-3)13(9-14)11-20-12-17(21)16-10-15(23-2)6-8-19(16)25-4/h5-10,17,20-21H,11-12H2,1-4H3. The van der Waals surface area contributed by atoms with Crippen molar-refractivity contribution in [3.63, 3.8) is 0 Å². The summed E-state index contributed by atoms with van der Waals surface area (Å²) < 4.78 is 21.1. The molecule has 0 aromatic heterocycles. The second-order valence-electron chi connectivity index (χ2n) is 5.43. The van der Waals surface area contributed by atoms with Gasteiger partial charge < -0.3 is 29.4 Å². The summed E-state index contributed by atoms with van der Waals surface area (Å²) in [5, 5.41) is 13.7. The molecule has 0 heterocycles. The first-order valence-corrected chi connectivity index (χ1v) is 7.94. The number of aliphatic hydroxyl groups excluding tert-OH is 1. The fraction of sp³-hybridized carbons (Fsp3) is 0.368. The van der Waals surface area contributed by atoms with Gasteiger partial charge in [-0.2, -0.15) is 0 Å². The third kappa shape index (κ3) is 4.78. The Bertz CT molecular complexity index is 690. The van der Waals surface area contributed by atoms with Crippen LogP contribution in [0.3, 0.4) is 0 Å². The Kier molecular flexibility index (Phi) is 6.91. The summed E-state index contributed by atoms with van der Waals surface area (Å²) in [5.41, 5.74) is 1.62. The van der Waals surface area contributed by atoms with Crippen molar-refractivity contribution in [1.82, 2.24) is 5.32 Å². The van der Waals surface area contributed by atoms with Gasteiger partial charge in [0, 0.05) is 24.2 Å². The van der Waals surface area contributed by atoms with Crippen molar-refractivity contribution in [2.24, 2.45) is 0 Å². The SMILES string of the molecule is COc1ccc(OC)c(CNCC(O)c2cc(OC)ccc2OC)c1. The van der Waals surface area contributed by atoms with Crippen LogP contribution < -0.4 is 24.3 Å². The number of hydrogen-bond acceptors (Lipinski definition) is 6. The molecule has 6 heteroatoms. The zero-order chi connectivity index (χ0) is 18.2. The highest BCUT2D eigenvalue weighted by Crippen LogP contribution is 2.29. The predicted octanol–water partition coefficient (Wildman–Crippen LogP) is 2.54. The molecule has 2 aromatic rings. The fourth-order valence-corrected chi connectivity index (χ4v) is 2.57. The molecule has 2 rings (SSSR count). The van der Waals surface area contributed by atoms with Gasteiger partial charge in [-0.15, -0.1) is 0 Å². The highest BCUT2D eigenvalue weighted by Gasteiger charge is 2.15. The molecular formula is C19H25NO5. The van der Waals surface area contributed by atoms with Gasteiger partial charge in [0.15, 0.2) is 0 Å². The van der Waals surface area contributed by atoms with E-state index in [9.17, 15) is 5.11 Å². The minimum atomic E-state index is -0.735. The lowest BCUT2D eigenvalue weighted by Gasteiger charge is -2.17. The van der Waals surface area contributed by atoms with Crippen LogP contribution >= 0.6 is 0 Å². The van der Waals surface area contributed by atoms with Crippen LogP contribution in [0.15, 0.2) is 36.4 Å². The third-order valence-corrected chi connectivity index (χ3v) is 3.94. The summed E-state index contributed by atoms with van der Waals surface area (Å²) in [7, 11) is 6.41. The van der Waals surface area contributed by atoms with E-state index in [1.807, 2.05) is 18.2 Å². The quantitative estimate of drug-likeness (QED) is 0.727. The lowest BCUT2D eigenvalue weighted by Crippen LogP contribution is -2.21. The maximum Gasteiger partial charge on any atom is 0.124 e. The van der Waals surface area contributed by atoms with E-state index in [1.54, 1.807) is 46.6 Å². The van der Waals surface area contributed by atoms with Crippen molar-refractivity contribution in [3.05, 3.63) is 47.5 Å². The molecule has 0 aliphatic heterocycles. The molecule has 2 N–H and O–H groups in total. The Morgan fingerprint density at radius 1 is 0.840 bits per heavy atom. The van der Waals surface area contributed by atoms with Gasteiger partial charge in [-0.25, -0.2) is 0 Å². The van der Waals surface area contributed by atoms with E-state index in [0.29, 0.717) is 30.2 Å². The summed E-state index contributed by atoms with van der Waals surface area (Å²) >= 11 is 0. The van der Waals surface area contributed by atoms with Crippen molar-refractivity contribution in [3.8, 4) is 23.0 Å². The highest BCUT2D eigenvalue weighted by atomic mass is 16.5. The molecule has 6 nitrogen and oxygen atoms in total. The molecule has 136 valence electrons. The van der Waals surface area contributed by atoms with Crippen molar-refractivity contribution in [1.29, 1.82) is 0 Å². The maximum atomic E-state index is 10.5. The average Bonchev–Trinajstić information content (AvgIpc) is 2.67. The van der Waals surface area contributed by atoms with Gasteiger partial charge in [0.05, 0.1) is 34.5 Å². The van der Waals surface area contributed by atoms with E-state index in [2.05, 4.69) is 5.32 Å². The molecule has 0 amide bonds. The molecule has 2 aromatic carbocycles. The van der Waals surface area contributed by atoms with E-state index in [1.165, 1.54) is 0 Å². The number of methoxy groups -OCH3 is 4. The molecule has 0 spiro atoms. The Balaban J connectivity index is 2.04.